The van der Waals surface area contributed by atoms with Crippen molar-refractivity contribution in [1.82, 2.24) is 20.2 Å². The number of methoxy groups -OCH3 is 1. The average molecular weight is 492 g/mol. The van der Waals surface area contributed by atoms with Gasteiger partial charge in [-0.05, 0) is 36.2 Å². The Balaban J connectivity index is 1.05. The lowest BCUT2D eigenvalue weighted by Gasteiger charge is -2.38. The molecule has 6 rings (SSSR count). The molecule has 10 heteroatoms. The van der Waals surface area contributed by atoms with E-state index in [1.807, 2.05) is 58.6 Å². The molecule has 1 N–H and O–H groups in total. The topological polar surface area (TPSA) is 86.8 Å². The van der Waals surface area contributed by atoms with Crippen molar-refractivity contribution < 1.29 is 23.8 Å². The Morgan fingerprint density at radius 3 is 2.69 bits per heavy atom. The maximum Gasteiger partial charge on any atom is 0.251 e. The number of piperazine rings is 1. The number of benzene rings is 2. The average Bonchev–Trinajstić information content (AvgIpc) is 3.57. The lowest BCUT2D eigenvalue weighted by Crippen LogP contribution is -2.54. The van der Waals surface area contributed by atoms with E-state index in [4.69, 9.17) is 14.2 Å². The highest BCUT2D eigenvalue weighted by molar-refractivity contribution is 5.89. The van der Waals surface area contributed by atoms with E-state index in [1.54, 1.807) is 18.2 Å². The monoisotopic (exact) mass is 491 g/mol. The fourth-order valence-electron chi connectivity index (χ4n) is 5.25. The summed E-state index contributed by atoms with van der Waals surface area (Å²) in [4.78, 5) is 31.9. The van der Waals surface area contributed by atoms with Gasteiger partial charge in [0.15, 0.2) is 11.5 Å². The molecular weight excluding hydrogens is 462 g/mol. The molecule has 2 unspecified atom stereocenters. The van der Waals surface area contributed by atoms with Crippen LogP contribution in [0.5, 0.6) is 17.2 Å². The molecule has 0 aliphatic carbocycles. The number of hydrazine groups is 1. The Hall–Kier alpha value is -3.92. The van der Waals surface area contributed by atoms with Gasteiger partial charge >= 0.3 is 0 Å². The number of fused-ring (bicyclic) bond motifs is 2. The van der Waals surface area contributed by atoms with Crippen molar-refractivity contribution >= 4 is 17.5 Å². The largest absolute Gasteiger partial charge is 0.495 e. The van der Waals surface area contributed by atoms with Crippen LogP contribution in [-0.4, -0.2) is 79.3 Å². The summed E-state index contributed by atoms with van der Waals surface area (Å²) in [5.41, 5.74) is 5.46. The molecule has 188 valence electrons. The molecule has 10 nitrogen and oxygen atoms in total. The summed E-state index contributed by atoms with van der Waals surface area (Å²) in [6.07, 6.45) is 4.13. The normalized spacial score (nSPS) is 22.8. The van der Waals surface area contributed by atoms with E-state index in [9.17, 15) is 9.59 Å². The summed E-state index contributed by atoms with van der Waals surface area (Å²) in [6.45, 7) is 2.91. The van der Waals surface area contributed by atoms with Crippen LogP contribution in [0, 0.1) is 0 Å². The van der Waals surface area contributed by atoms with Gasteiger partial charge in [-0.25, -0.2) is 5.43 Å². The zero-order chi connectivity index (χ0) is 24.6. The Bertz CT molecular complexity index is 1190. The van der Waals surface area contributed by atoms with Crippen LogP contribution in [-0.2, 0) is 9.59 Å². The lowest BCUT2D eigenvalue weighted by atomic mass is 10.0. The number of amides is 2. The molecule has 0 saturated carbocycles. The summed E-state index contributed by atoms with van der Waals surface area (Å²) >= 11 is 0. The number of nitrogens with zero attached hydrogens (tertiary/aromatic N) is 4. The number of nitrogens with one attached hydrogen (secondary N) is 1. The van der Waals surface area contributed by atoms with Crippen molar-refractivity contribution in [3.05, 3.63) is 60.4 Å². The van der Waals surface area contributed by atoms with Crippen LogP contribution in [0.1, 0.15) is 18.0 Å². The van der Waals surface area contributed by atoms with Gasteiger partial charge in [-0.2, -0.15) is 0 Å². The van der Waals surface area contributed by atoms with Crippen LogP contribution in [0.15, 0.2) is 54.9 Å². The van der Waals surface area contributed by atoms with Gasteiger partial charge in [0, 0.05) is 38.6 Å². The van der Waals surface area contributed by atoms with Gasteiger partial charge < -0.3 is 33.9 Å². The Morgan fingerprint density at radius 1 is 1.06 bits per heavy atom. The molecule has 4 aliphatic heterocycles. The van der Waals surface area contributed by atoms with Crippen molar-refractivity contribution in [3.8, 4) is 17.2 Å². The minimum atomic E-state index is -0.361. The van der Waals surface area contributed by atoms with E-state index in [-0.39, 0.29) is 37.2 Å². The number of rotatable bonds is 5. The Morgan fingerprint density at radius 2 is 1.86 bits per heavy atom. The van der Waals surface area contributed by atoms with Crippen molar-refractivity contribution in [2.24, 2.45) is 0 Å². The number of para-hydroxylation sites is 2. The number of hydrogen-bond acceptors (Lipinski definition) is 8. The molecule has 2 aromatic carbocycles. The van der Waals surface area contributed by atoms with Gasteiger partial charge in [-0.15, -0.1) is 0 Å². The van der Waals surface area contributed by atoms with Crippen LogP contribution >= 0.6 is 0 Å². The molecule has 2 amide bonds. The van der Waals surface area contributed by atoms with Gasteiger partial charge in [0.1, 0.15) is 18.3 Å². The number of anilines is 1. The maximum absolute atomic E-state index is 13.3. The molecule has 2 atom stereocenters. The third-order valence-electron chi connectivity index (χ3n) is 7.24. The number of hydrogen-bond donors (Lipinski definition) is 1. The zero-order valence-corrected chi connectivity index (χ0v) is 20.1. The van der Waals surface area contributed by atoms with Crippen molar-refractivity contribution in [3.63, 3.8) is 0 Å². The highest BCUT2D eigenvalue weighted by Gasteiger charge is 2.41. The van der Waals surface area contributed by atoms with E-state index in [1.165, 1.54) is 0 Å². The van der Waals surface area contributed by atoms with E-state index in [2.05, 4.69) is 10.3 Å². The van der Waals surface area contributed by atoms with Crippen LogP contribution in [0.25, 0.3) is 0 Å². The molecule has 0 spiro atoms. The Kier molecular flexibility index (Phi) is 5.80. The minimum Gasteiger partial charge on any atom is -0.495 e. The molecular formula is C26H29N5O5. The smallest absolute Gasteiger partial charge is 0.251 e. The minimum absolute atomic E-state index is 0.0307. The van der Waals surface area contributed by atoms with Gasteiger partial charge in [0.25, 0.3) is 5.91 Å². The molecule has 0 bridgehead atoms. The number of ether oxygens (including phenoxy) is 3. The van der Waals surface area contributed by atoms with Crippen molar-refractivity contribution in [2.45, 2.75) is 18.5 Å². The molecule has 0 radical (unpaired) electrons. The van der Waals surface area contributed by atoms with E-state index in [0.29, 0.717) is 32.6 Å². The van der Waals surface area contributed by atoms with E-state index >= 15 is 0 Å². The second-order valence-corrected chi connectivity index (χ2v) is 9.26. The molecule has 2 fully saturated rings. The first-order chi connectivity index (χ1) is 17.6. The second kappa shape index (κ2) is 9.27. The van der Waals surface area contributed by atoms with Gasteiger partial charge in [0.05, 0.1) is 18.8 Å². The quantitative estimate of drug-likeness (QED) is 0.677. The highest BCUT2D eigenvalue weighted by atomic mass is 16.7. The fraction of sp³-hybridized carbons (Fsp3) is 0.385. The van der Waals surface area contributed by atoms with Gasteiger partial charge in [-0.3, -0.25) is 9.59 Å². The number of carbonyl (C=O) groups is 2. The van der Waals surface area contributed by atoms with Crippen LogP contribution in [0.3, 0.4) is 0 Å². The highest BCUT2D eigenvalue weighted by Crippen LogP contribution is 2.37. The predicted molar refractivity (Wildman–Crippen MR) is 131 cm³/mol. The van der Waals surface area contributed by atoms with E-state index in [0.717, 1.165) is 28.5 Å². The summed E-state index contributed by atoms with van der Waals surface area (Å²) < 4.78 is 16.4. The van der Waals surface area contributed by atoms with E-state index < -0.39 is 0 Å². The first-order valence-electron chi connectivity index (χ1n) is 12.2. The van der Waals surface area contributed by atoms with Crippen molar-refractivity contribution in [1.29, 1.82) is 0 Å². The van der Waals surface area contributed by atoms with Gasteiger partial charge in [-0.1, -0.05) is 18.2 Å². The SMILES string of the molecule is COc1ccccc1N1CCN(C(=O)CN2C=CN3NC(c4ccc5c(c4)OCO5)CC3C2=O)CC1. The molecule has 2 aromatic rings. The second-order valence-electron chi connectivity index (χ2n) is 9.26. The third-order valence-corrected chi connectivity index (χ3v) is 7.24. The standard InChI is InChI=1S/C26H29N5O5/c1-34-22-5-3-2-4-20(22)28-8-10-29(11-9-28)25(32)16-30-12-13-31-21(26(30)33)15-19(27-31)18-6-7-23-24(14-18)36-17-35-23/h2-7,12-14,19,21,27H,8-11,15-17H2,1H3. The predicted octanol–water partition coefficient (Wildman–Crippen LogP) is 1.71. The first-order valence-corrected chi connectivity index (χ1v) is 12.2. The first kappa shape index (κ1) is 22.5. The summed E-state index contributed by atoms with van der Waals surface area (Å²) in [6, 6.07) is 13.4. The van der Waals surface area contributed by atoms with Crippen LogP contribution in [0.4, 0.5) is 5.69 Å². The molecule has 2 saturated heterocycles. The third kappa shape index (κ3) is 4.07. The Labute approximate surface area is 209 Å². The van der Waals surface area contributed by atoms with Gasteiger partial charge in [0.2, 0.25) is 12.7 Å². The van der Waals surface area contributed by atoms with Crippen molar-refractivity contribution in [2.75, 3.05) is 51.5 Å². The summed E-state index contributed by atoms with van der Waals surface area (Å²) in [7, 11) is 1.67. The molecule has 36 heavy (non-hydrogen) atoms. The molecule has 4 aliphatic rings. The summed E-state index contributed by atoms with van der Waals surface area (Å²) in [5, 5.41) is 1.84. The lowest BCUT2D eigenvalue weighted by molar-refractivity contribution is -0.141. The summed E-state index contributed by atoms with van der Waals surface area (Å²) in [5.74, 6) is 2.17. The molecule has 4 heterocycles. The van der Waals surface area contributed by atoms with Crippen LogP contribution < -0.4 is 24.5 Å². The molecule has 0 aromatic heterocycles. The van der Waals surface area contributed by atoms with Crippen LogP contribution in [0.2, 0.25) is 0 Å². The fourth-order valence-corrected chi connectivity index (χ4v) is 5.25. The zero-order valence-electron chi connectivity index (χ0n) is 20.1. The number of carbonyl (C=O) groups excluding carboxylic acids is 2. The maximum atomic E-state index is 13.3.